The van der Waals surface area contributed by atoms with Gasteiger partial charge in [-0.25, -0.2) is 0 Å². The number of esters is 1. The van der Waals surface area contributed by atoms with E-state index < -0.39 is 11.2 Å². The molecule has 3 N–H and O–H groups in total. The molecule has 0 aliphatic carbocycles. The van der Waals surface area contributed by atoms with E-state index in [1.807, 2.05) is 0 Å². The zero-order valence-electron chi connectivity index (χ0n) is 7.20. The Kier molecular flexibility index (Phi) is 7.64. The van der Waals surface area contributed by atoms with Gasteiger partial charge in [0.05, 0.1) is 7.11 Å². The van der Waals surface area contributed by atoms with Crippen LogP contribution in [0.5, 0.6) is 0 Å². The topological polar surface area (TPSA) is 93.2 Å². The van der Waals surface area contributed by atoms with Gasteiger partial charge in [-0.05, 0) is 6.92 Å². The molecule has 1 atom stereocenters. The molecule has 0 aromatic rings. The van der Waals surface area contributed by atoms with Crippen molar-refractivity contribution in [3.8, 4) is 0 Å². The van der Waals surface area contributed by atoms with Crippen molar-refractivity contribution in [1.82, 2.24) is 0 Å². The van der Waals surface area contributed by atoms with Crippen molar-refractivity contribution in [3.63, 3.8) is 0 Å². The highest BCUT2D eigenvalue weighted by Crippen LogP contribution is 2.12. The molecule has 0 radical (unpaired) electrons. The van der Waals surface area contributed by atoms with Gasteiger partial charge in [0.15, 0.2) is 16.2 Å². The Bertz CT molecular complexity index is 222. The van der Waals surface area contributed by atoms with Crippen molar-refractivity contribution >= 4 is 41.1 Å². The van der Waals surface area contributed by atoms with E-state index in [9.17, 15) is 9.59 Å². The fraction of sp³-hybridized carbons (Fsp3) is 0.500. The van der Waals surface area contributed by atoms with Crippen LogP contribution in [0.25, 0.3) is 0 Å². The van der Waals surface area contributed by atoms with Crippen LogP contribution in [-0.2, 0) is 14.3 Å². The molecular formula is C6H11ClN2O3S. The zero-order valence-corrected chi connectivity index (χ0v) is 8.83. The Labute approximate surface area is 86.3 Å². The maximum atomic E-state index is 10.9. The number of hydrogen-bond acceptors (Lipinski definition) is 5. The van der Waals surface area contributed by atoms with Crippen LogP contribution in [0.1, 0.15) is 6.92 Å². The SMILES string of the molecule is COC(=O)C(SC(=N)N)C(C)=O.Cl. The van der Waals surface area contributed by atoms with E-state index >= 15 is 0 Å². The molecule has 0 amide bonds. The molecule has 0 saturated carbocycles. The van der Waals surface area contributed by atoms with Crippen molar-refractivity contribution in [2.75, 3.05) is 7.11 Å². The monoisotopic (exact) mass is 226 g/mol. The van der Waals surface area contributed by atoms with Crippen LogP contribution in [0.15, 0.2) is 0 Å². The summed E-state index contributed by atoms with van der Waals surface area (Å²) in [5, 5.41) is 5.58. The van der Waals surface area contributed by atoms with E-state index in [0.29, 0.717) is 11.8 Å². The number of nitrogens with one attached hydrogen (secondary N) is 1. The van der Waals surface area contributed by atoms with E-state index in [1.165, 1.54) is 14.0 Å². The molecule has 0 aliphatic heterocycles. The average Bonchev–Trinajstić information content (AvgIpc) is 1.98. The third kappa shape index (κ3) is 5.48. The second-order valence-electron chi connectivity index (χ2n) is 2.00. The maximum Gasteiger partial charge on any atom is 0.326 e. The van der Waals surface area contributed by atoms with Gasteiger partial charge >= 0.3 is 5.97 Å². The van der Waals surface area contributed by atoms with Gasteiger partial charge in [-0.15, -0.1) is 12.4 Å². The van der Waals surface area contributed by atoms with Crippen LogP contribution in [-0.4, -0.2) is 29.3 Å². The van der Waals surface area contributed by atoms with Crippen LogP contribution in [0.3, 0.4) is 0 Å². The van der Waals surface area contributed by atoms with Gasteiger partial charge in [0.1, 0.15) is 0 Å². The molecule has 0 aromatic carbocycles. The minimum atomic E-state index is -1.01. The smallest absolute Gasteiger partial charge is 0.326 e. The molecule has 0 saturated heterocycles. The molecule has 13 heavy (non-hydrogen) atoms. The van der Waals surface area contributed by atoms with Crippen LogP contribution in [0.2, 0.25) is 0 Å². The van der Waals surface area contributed by atoms with Gasteiger partial charge in [0, 0.05) is 0 Å². The van der Waals surface area contributed by atoms with Gasteiger partial charge in [0.2, 0.25) is 0 Å². The number of nitrogens with two attached hydrogens (primary N) is 1. The Morgan fingerprint density at radius 1 is 1.54 bits per heavy atom. The number of halogens is 1. The number of thioether (sulfide) groups is 1. The van der Waals surface area contributed by atoms with E-state index in [1.54, 1.807) is 0 Å². The number of Topliss-reactive ketones (excluding diaryl/α,β-unsaturated/α-hetero) is 1. The number of ketones is 1. The minimum absolute atomic E-state index is 0. The number of carbonyl (C=O) groups excluding carboxylic acids is 2. The van der Waals surface area contributed by atoms with E-state index in [0.717, 1.165) is 0 Å². The predicted molar refractivity (Wildman–Crippen MR) is 53.2 cm³/mol. The highest BCUT2D eigenvalue weighted by Gasteiger charge is 2.25. The molecule has 5 nitrogen and oxygen atoms in total. The minimum Gasteiger partial charge on any atom is -0.468 e. The second-order valence-corrected chi connectivity index (χ2v) is 3.14. The lowest BCUT2D eigenvalue weighted by Gasteiger charge is -2.08. The summed E-state index contributed by atoms with van der Waals surface area (Å²) in [5.41, 5.74) is 5.01. The number of ether oxygens (including phenoxy) is 1. The quantitative estimate of drug-likeness (QED) is 0.310. The van der Waals surface area contributed by atoms with Crippen LogP contribution in [0, 0.1) is 5.41 Å². The molecule has 76 valence electrons. The van der Waals surface area contributed by atoms with Crippen molar-refractivity contribution < 1.29 is 14.3 Å². The number of rotatable bonds is 3. The summed E-state index contributed by atoms with van der Waals surface area (Å²) in [7, 11) is 1.18. The summed E-state index contributed by atoms with van der Waals surface area (Å²) in [4.78, 5) is 21.7. The Hall–Kier alpha value is -0.750. The highest BCUT2D eigenvalue weighted by atomic mass is 35.5. The van der Waals surface area contributed by atoms with Crippen LogP contribution in [0.4, 0.5) is 0 Å². The molecular weight excluding hydrogens is 216 g/mol. The van der Waals surface area contributed by atoms with Crippen molar-refractivity contribution in [2.45, 2.75) is 12.2 Å². The van der Waals surface area contributed by atoms with E-state index in [2.05, 4.69) is 4.74 Å². The molecule has 0 heterocycles. The summed E-state index contributed by atoms with van der Waals surface area (Å²) in [6, 6.07) is 0. The maximum absolute atomic E-state index is 10.9. The summed E-state index contributed by atoms with van der Waals surface area (Å²) in [6.45, 7) is 1.25. The average molecular weight is 227 g/mol. The Balaban J connectivity index is 0. The van der Waals surface area contributed by atoms with Gasteiger partial charge in [0.25, 0.3) is 0 Å². The first kappa shape index (κ1) is 14.8. The first-order valence-electron chi connectivity index (χ1n) is 3.08. The molecule has 0 aromatic heterocycles. The lowest BCUT2D eigenvalue weighted by Crippen LogP contribution is -2.29. The van der Waals surface area contributed by atoms with Gasteiger partial charge in [-0.3, -0.25) is 15.0 Å². The molecule has 0 rings (SSSR count). The zero-order chi connectivity index (χ0) is 9.72. The van der Waals surface area contributed by atoms with Crippen molar-refractivity contribution in [2.24, 2.45) is 5.73 Å². The van der Waals surface area contributed by atoms with E-state index in [-0.39, 0.29) is 23.4 Å². The molecule has 1 unspecified atom stereocenters. The van der Waals surface area contributed by atoms with Gasteiger partial charge in [-0.2, -0.15) is 0 Å². The predicted octanol–water partition coefficient (Wildman–Crippen LogP) is 0.165. The number of methoxy groups -OCH3 is 1. The number of carbonyl (C=O) groups is 2. The van der Waals surface area contributed by atoms with Gasteiger partial charge < -0.3 is 10.5 Å². The van der Waals surface area contributed by atoms with Crippen molar-refractivity contribution in [1.29, 1.82) is 5.41 Å². The molecule has 0 bridgehead atoms. The molecule has 0 fully saturated rings. The van der Waals surface area contributed by atoms with E-state index in [4.69, 9.17) is 11.1 Å². The fourth-order valence-corrected chi connectivity index (χ4v) is 1.14. The summed E-state index contributed by atoms with van der Waals surface area (Å²) >= 11 is 0.677. The molecule has 7 heteroatoms. The Morgan fingerprint density at radius 2 is 2.00 bits per heavy atom. The third-order valence-electron chi connectivity index (χ3n) is 1.03. The first-order chi connectivity index (χ1) is 5.49. The lowest BCUT2D eigenvalue weighted by atomic mass is 10.3. The summed E-state index contributed by atoms with van der Waals surface area (Å²) < 4.78 is 4.34. The fourth-order valence-electron chi connectivity index (χ4n) is 0.531. The largest absolute Gasteiger partial charge is 0.468 e. The number of hydrogen-bond donors (Lipinski definition) is 2. The van der Waals surface area contributed by atoms with Crippen molar-refractivity contribution in [3.05, 3.63) is 0 Å². The normalized spacial score (nSPS) is 10.9. The number of amidine groups is 1. The molecule has 0 spiro atoms. The summed E-state index contributed by atoms with van der Waals surface area (Å²) in [5.74, 6) is -1.05. The van der Waals surface area contributed by atoms with Crippen LogP contribution >= 0.6 is 24.2 Å². The second kappa shape index (κ2) is 6.73. The van der Waals surface area contributed by atoms with Crippen LogP contribution < -0.4 is 5.73 Å². The highest BCUT2D eigenvalue weighted by molar-refractivity contribution is 8.15. The lowest BCUT2D eigenvalue weighted by molar-refractivity contribution is -0.142. The van der Waals surface area contributed by atoms with Gasteiger partial charge in [-0.1, -0.05) is 11.8 Å². The Morgan fingerprint density at radius 3 is 2.23 bits per heavy atom. The summed E-state index contributed by atoms with van der Waals surface area (Å²) in [6.07, 6.45) is 0. The first-order valence-corrected chi connectivity index (χ1v) is 3.96. The molecule has 0 aliphatic rings. The standard InChI is InChI=1S/C6H10N2O3S.ClH/c1-3(9)4(5(10)11-2)12-6(7)8;/h4H,1-2H3,(H3,7,8);1H. The third-order valence-corrected chi connectivity index (χ3v) is 2.04.